The Hall–Kier alpha value is -0.570. The lowest BCUT2D eigenvalue weighted by atomic mass is 9.81. The van der Waals surface area contributed by atoms with Gasteiger partial charge in [0.2, 0.25) is 0 Å². The number of aromatic nitrogens is 1. The Morgan fingerprint density at radius 3 is 2.81 bits per heavy atom. The van der Waals surface area contributed by atoms with Gasteiger partial charge >= 0.3 is 0 Å². The molecule has 1 saturated carbocycles. The van der Waals surface area contributed by atoms with Crippen molar-refractivity contribution in [1.82, 2.24) is 4.98 Å². The first kappa shape index (κ1) is 11.9. The summed E-state index contributed by atoms with van der Waals surface area (Å²) in [6, 6.07) is 4.64. The Morgan fingerprint density at radius 2 is 2.25 bits per heavy atom. The molecule has 1 aliphatic rings. The second-order valence-corrected chi connectivity index (χ2v) is 5.66. The molecule has 0 aliphatic heterocycles. The molecular formula is C13H19BrN2. The van der Waals surface area contributed by atoms with E-state index in [4.69, 9.17) is 0 Å². The van der Waals surface area contributed by atoms with E-state index < -0.39 is 0 Å². The van der Waals surface area contributed by atoms with Gasteiger partial charge in [0, 0.05) is 6.04 Å². The van der Waals surface area contributed by atoms with Crippen LogP contribution in [0.15, 0.2) is 16.7 Å². The molecular weight excluding hydrogens is 264 g/mol. The summed E-state index contributed by atoms with van der Waals surface area (Å²) >= 11 is 3.38. The maximum Gasteiger partial charge on any atom is 0.106 e. The van der Waals surface area contributed by atoms with Crippen LogP contribution in [-0.4, -0.2) is 11.0 Å². The summed E-state index contributed by atoms with van der Waals surface area (Å²) in [5, 5.41) is 3.55. The van der Waals surface area contributed by atoms with Crippen molar-refractivity contribution in [2.75, 3.05) is 5.32 Å². The lowest BCUT2D eigenvalue weighted by Gasteiger charge is -2.29. The first-order valence-electron chi connectivity index (χ1n) is 6.05. The molecule has 1 fully saturated rings. The van der Waals surface area contributed by atoms with E-state index >= 15 is 0 Å². The maximum atomic E-state index is 4.39. The number of hydrogen-bond donors (Lipinski definition) is 1. The quantitative estimate of drug-likeness (QED) is 0.840. The molecule has 0 spiro atoms. The van der Waals surface area contributed by atoms with Crippen LogP contribution in [0.3, 0.4) is 0 Å². The third kappa shape index (κ3) is 2.97. The number of aryl methyl sites for hydroxylation is 1. The van der Waals surface area contributed by atoms with Crippen molar-refractivity contribution in [3.8, 4) is 0 Å². The number of nitrogens with zero attached hydrogens (tertiary/aromatic N) is 1. The highest BCUT2D eigenvalue weighted by Gasteiger charge is 2.20. The molecule has 1 atom stereocenters. The van der Waals surface area contributed by atoms with Gasteiger partial charge in [0.25, 0.3) is 0 Å². The van der Waals surface area contributed by atoms with Crippen LogP contribution in [0.4, 0.5) is 5.69 Å². The van der Waals surface area contributed by atoms with E-state index in [0.29, 0.717) is 6.04 Å². The molecule has 0 aromatic carbocycles. The molecule has 0 bridgehead atoms. The highest BCUT2D eigenvalue weighted by Crippen LogP contribution is 2.31. The zero-order valence-electron chi connectivity index (χ0n) is 9.96. The van der Waals surface area contributed by atoms with Crippen molar-refractivity contribution in [3.63, 3.8) is 0 Å². The summed E-state index contributed by atoms with van der Waals surface area (Å²) in [4.78, 5) is 4.39. The van der Waals surface area contributed by atoms with Crippen LogP contribution >= 0.6 is 15.9 Å². The van der Waals surface area contributed by atoms with E-state index in [0.717, 1.165) is 21.9 Å². The van der Waals surface area contributed by atoms with Gasteiger partial charge in [0.1, 0.15) is 4.60 Å². The molecule has 2 nitrogen and oxygen atoms in total. The molecule has 0 amide bonds. The van der Waals surface area contributed by atoms with Gasteiger partial charge in [0.15, 0.2) is 0 Å². The van der Waals surface area contributed by atoms with Gasteiger partial charge in [-0.15, -0.1) is 0 Å². The van der Waals surface area contributed by atoms with E-state index in [1.807, 2.05) is 13.0 Å². The molecule has 0 saturated heterocycles. The minimum Gasteiger partial charge on any atom is -0.381 e. The Morgan fingerprint density at radius 1 is 1.50 bits per heavy atom. The van der Waals surface area contributed by atoms with Gasteiger partial charge in [-0.3, -0.25) is 0 Å². The van der Waals surface area contributed by atoms with Crippen molar-refractivity contribution in [2.45, 2.75) is 45.6 Å². The Kier molecular flexibility index (Phi) is 3.85. The summed E-state index contributed by atoms with van der Waals surface area (Å²) < 4.78 is 0.905. The average Bonchev–Trinajstić information content (AvgIpc) is 2.16. The fourth-order valence-electron chi connectivity index (χ4n) is 2.24. The van der Waals surface area contributed by atoms with Gasteiger partial charge in [-0.2, -0.15) is 0 Å². The summed E-state index contributed by atoms with van der Waals surface area (Å²) in [5.41, 5.74) is 2.23. The highest BCUT2D eigenvalue weighted by atomic mass is 79.9. The van der Waals surface area contributed by atoms with Crippen molar-refractivity contribution >= 4 is 21.6 Å². The molecule has 1 heterocycles. The second kappa shape index (κ2) is 5.17. The van der Waals surface area contributed by atoms with Crippen LogP contribution in [0.1, 0.15) is 38.3 Å². The van der Waals surface area contributed by atoms with Gasteiger partial charge in [-0.05, 0) is 54.2 Å². The zero-order chi connectivity index (χ0) is 11.5. The van der Waals surface area contributed by atoms with Crippen molar-refractivity contribution in [3.05, 3.63) is 22.4 Å². The smallest absolute Gasteiger partial charge is 0.106 e. The Bertz CT molecular complexity index is 361. The van der Waals surface area contributed by atoms with E-state index in [9.17, 15) is 0 Å². The molecule has 1 unspecified atom stereocenters. The van der Waals surface area contributed by atoms with E-state index in [1.165, 1.54) is 25.7 Å². The van der Waals surface area contributed by atoms with E-state index in [-0.39, 0.29) is 0 Å². The number of anilines is 1. The lowest BCUT2D eigenvalue weighted by molar-refractivity contribution is 0.286. The first-order valence-corrected chi connectivity index (χ1v) is 6.84. The molecule has 16 heavy (non-hydrogen) atoms. The predicted molar refractivity (Wildman–Crippen MR) is 71.7 cm³/mol. The van der Waals surface area contributed by atoms with Gasteiger partial charge in [-0.25, -0.2) is 4.98 Å². The number of pyridine rings is 1. The largest absolute Gasteiger partial charge is 0.381 e. The fraction of sp³-hybridized carbons (Fsp3) is 0.615. The average molecular weight is 283 g/mol. The minimum atomic E-state index is 0.548. The number of halogens is 1. The molecule has 2 rings (SSSR count). The normalized spacial score (nSPS) is 17.9. The molecule has 1 aromatic heterocycles. The van der Waals surface area contributed by atoms with Crippen LogP contribution in [0, 0.1) is 12.8 Å². The number of hydrogen-bond acceptors (Lipinski definition) is 2. The summed E-state index contributed by atoms with van der Waals surface area (Å²) in [6.07, 6.45) is 5.55. The standard InChI is InChI=1S/C13H19BrN2/c1-9(8-11-4-3-5-11)15-12-6-7-13(14)16-10(12)2/h6-7,9,11,15H,3-5,8H2,1-2H3. The predicted octanol–water partition coefficient (Wildman–Crippen LogP) is 4.14. The van der Waals surface area contributed by atoms with Crippen molar-refractivity contribution in [1.29, 1.82) is 0 Å². The third-order valence-corrected chi connectivity index (χ3v) is 3.81. The van der Waals surface area contributed by atoms with Crippen LogP contribution in [0.5, 0.6) is 0 Å². The maximum absolute atomic E-state index is 4.39. The third-order valence-electron chi connectivity index (χ3n) is 3.37. The zero-order valence-corrected chi connectivity index (χ0v) is 11.5. The minimum absolute atomic E-state index is 0.548. The number of nitrogens with one attached hydrogen (secondary N) is 1. The molecule has 1 N–H and O–H groups in total. The van der Waals surface area contributed by atoms with E-state index in [2.05, 4.69) is 39.2 Å². The lowest BCUT2D eigenvalue weighted by Crippen LogP contribution is -2.23. The van der Waals surface area contributed by atoms with Crippen LogP contribution in [-0.2, 0) is 0 Å². The van der Waals surface area contributed by atoms with Gasteiger partial charge < -0.3 is 5.32 Å². The van der Waals surface area contributed by atoms with Gasteiger partial charge in [0.05, 0.1) is 11.4 Å². The molecule has 3 heteroatoms. The van der Waals surface area contributed by atoms with Crippen LogP contribution in [0.25, 0.3) is 0 Å². The summed E-state index contributed by atoms with van der Waals surface area (Å²) in [6.45, 7) is 4.31. The monoisotopic (exact) mass is 282 g/mol. The Labute approximate surface area is 106 Å². The summed E-state index contributed by atoms with van der Waals surface area (Å²) in [5.74, 6) is 0.950. The van der Waals surface area contributed by atoms with Crippen LogP contribution < -0.4 is 5.32 Å². The van der Waals surface area contributed by atoms with Gasteiger partial charge in [-0.1, -0.05) is 19.3 Å². The van der Waals surface area contributed by atoms with Crippen molar-refractivity contribution < 1.29 is 0 Å². The van der Waals surface area contributed by atoms with Crippen molar-refractivity contribution in [2.24, 2.45) is 5.92 Å². The molecule has 1 aliphatic carbocycles. The second-order valence-electron chi connectivity index (χ2n) is 4.84. The first-order chi connectivity index (χ1) is 7.65. The molecule has 88 valence electrons. The number of rotatable bonds is 4. The molecule has 1 aromatic rings. The summed E-state index contributed by atoms with van der Waals surface area (Å²) in [7, 11) is 0. The molecule has 0 radical (unpaired) electrons. The fourth-order valence-corrected chi connectivity index (χ4v) is 2.63. The SMILES string of the molecule is Cc1nc(Br)ccc1NC(C)CC1CCC1. The topological polar surface area (TPSA) is 24.9 Å². The van der Waals surface area contributed by atoms with Crippen LogP contribution in [0.2, 0.25) is 0 Å². The van der Waals surface area contributed by atoms with E-state index in [1.54, 1.807) is 0 Å². The highest BCUT2D eigenvalue weighted by molar-refractivity contribution is 9.10. The Balaban J connectivity index is 1.91.